The van der Waals surface area contributed by atoms with Crippen LogP contribution >= 0.6 is 11.3 Å². The van der Waals surface area contributed by atoms with Crippen LogP contribution in [0.3, 0.4) is 0 Å². The molecule has 0 fully saturated rings. The standard InChI is InChI=1S/C21H22N4O3S/c1-12(26)22-20-24-16-10-9-15(11-17(16)29-20)23-18(27)13-5-7-14(8-6-13)19(28)25-21(2,3)4/h5-11H,1-4H3,(H,23,27)(H,25,28)(H,22,24,26). The van der Waals surface area contributed by atoms with Gasteiger partial charge in [0, 0.05) is 29.3 Å². The summed E-state index contributed by atoms with van der Waals surface area (Å²) in [4.78, 5) is 40.2. The lowest BCUT2D eigenvalue weighted by molar-refractivity contribution is -0.114. The molecule has 3 amide bonds. The molecule has 0 bridgehead atoms. The molecule has 0 radical (unpaired) electrons. The number of nitrogens with zero attached hydrogens (tertiary/aromatic N) is 1. The Morgan fingerprint density at radius 2 is 1.52 bits per heavy atom. The van der Waals surface area contributed by atoms with Gasteiger partial charge in [-0.1, -0.05) is 11.3 Å². The van der Waals surface area contributed by atoms with E-state index < -0.39 is 0 Å². The minimum Gasteiger partial charge on any atom is -0.347 e. The second kappa shape index (κ2) is 8.00. The molecule has 2 aromatic carbocycles. The molecule has 0 unspecified atom stereocenters. The van der Waals surface area contributed by atoms with Gasteiger partial charge in [0.2, 0.25) is 5.91 Å². The predicted octanol–water partition coefficient (Wildman–Crippen LogP) is 4.04. The number of thiazole rings is 1. The number of carbonyl (C=O) groups is 3. The van der Waals surface area contributed by atoms with E-state index in [1.807, 2.05) is 20.8 Å². The Morgan fingerprint density at radius 3 is 2.10 bits per heavy atom. The molecule has 7 nitrogen and oxygen atoms in total. The number of hydrogen-bond donors (Lipinski definition) is 3. The number of fused-ring (bicyclic) bond motifs is 1. The first-order valence-corrected chi connectivity index (χ1v) is 9.84. The second-order valence-electron chi connectivity index (χ2n) is 7.62. The lowest BCUT2D eigenvalue weighted by atomic mass is 10.1. The van der Waals surface area contributed by atoms with Crippen molar-refractivity contribution in [3.05, 3.63) is 53.6 Å². The fraction of sp³-hybridized carbons (Fsp3) is 0.238. The zero-order valence-electron chi connectivity index (χ0n) is 16.6. The molecule has 0 aliphatic heterocycles. The summed E-state index contributed by atoms with van der Waals surface area (Å²) in [6.45, 7) is 7.15. The number of benzene rings is 2. The second-order valence-corrected chi connectivity index (χ2v) is 8.65. The monoisotopic (exact) mass is 410 g/mol. The molecule has 3 rings (SSSR count). The highest BCUT2D eigenvalue weighted by molar-refractivity contribution is 7.22. The van der Waals surface area contributed by atoms with Gasteiger partial charge in [-0.15, -0.1) is 0 Å². The average Bonchev–Trinajstić information content (AvgIpc) is 3.01. The third-order valence-electron chi connectivity index (χ3n) is 3.83. The molecule has 3 aromatic rings. The Morgan fingerprint density at radius 1 is 0.897 bits per heavy atom. The van der Waals surface area contributed by atoms with E-state index in [-0.39, 0.29) is 23.3 Å². The SMILES string of the molecule is CC(=O)Nc1nc2ccc(NC(=O)c3ccc(C(=O)NC(C)(C)C)cc3)cc2s1. The number of rotatable bonds is 4. The van der Waals surface area contributed by atoms with E-state index in [2.05, 4.69) is 20.9 Å². The molecule has 1 aromatic heterocycles. The molecule has 0 aliphatic carbocycles. The topological polar surface area (TPSA) is 100 Å². The Hall–Kier alpha value is -3.26. The minimum absolute atomic E-state index is 0.183. The highest BCUT2D eigenvalue weighted by Gasteiger charge is 2.16. The molecule has 150 valence electrons. The van der Waals surface area contributed by atoms with Crippen LogP contribution in [-0.2, 0) is 4.79 Å². The van der Waals surface area contributed by atoms with E-state index in [9.17, 15) is 14.4 Å². The van der Waals surface area contributed by atoms with Crippen molar-refractivity contribution in [2.45, 2.75) is 33.2 Å². The molecule has 0 atom stereocenters. The van der Waals surface area contributed by atoms with Crippen LogP contribution < -0.4 is 16.0 Å². The van der Waals surface area contributed by atoms with Gasteiger partial charge in [0.15, 0.2) is 5.13 Å². The largest absolute Gasteiger partial charge is 0.347 e. The van der Waals surface area contributed by atoms with Crippen LogP contribution in [0.15, 0.2) is 42.5 Å². The van der Waals surface area contributed by atoms with E-state index in [0.29, 0.717) is 21.9 Å². The summed E-state index contributed by atoms with van der Waals surface area (Å²) < 4.78 is 0.848. The molecular weight excluding hydrogens is 388 g/mol. The van der Waals surface area contributed by atoms with Gasteiger partial charge in [0.25, 0.3) is 11.8 Å². The lowest BCUT2D eigenvalue weighted by Gasteiger charge is -2.20. The molecule has 8 heteroatoms. The molecule has 0 saturated carbocycles. The van der Waals surface area contributed by atoms with Gasteiger partial charge in [0.1, 0.15) is 0 Å². The van der Waals surface area contributed by atoms with Crippen LogP contribution in [-0.4, -0.2) is 28.2 Å². The Kier molecular flexibility index (Phi) is 5.65. The number of amides is 3. The number of aromatic nitrogens is 1. The van der Waals surface area contributed by atoms with Gasteiger partial charge in [-0.3, -0.25) is 14.4 Å². The van der Waals surface area contributed by atoms with Gasteiger partial charge in [-0.25, -0.2) is 4.98 Å². The normalized spacial score (nSPS) is 11.2. The van der Waals surface area contributed by atoms with E-state index >= 15 is 0 Å². The Bertz CT molecular complexity index is 1080. The first-order chi connectivity index (χ1) is 13.6. The highest BCUT2D eigenvalue weighted by Crippen LogP contribution is 2.28. The van der Waals surface area contributed by atoms with Crippen molar-refractivity contribution in [1.82, 2.24) is 10.3 Å². The molecule has 1 heterocycles. The van der Waals surface area contributed by atoms with Gasteiger partial charge < -0.3 is 16.0 Å². The van der Waals surface area contributed by atoms with E-state index in [1.54, 1.807) is 42.5 Å². The predicted molar refractivity (Wildman–Crippen MR) is 116 cm³/mol. The highest BCUT2D eigenvalue weighted by atomic mass is 32.1. The summed E-state index contributed by atoms with van der Waals surface area (Å²) in [5.41, 5.74) is 1.97. The van der Waals surface area contributed by atoms with Crippen LogP contribution in [0.25, 0.3) is 10.2 Å². The molecule has 0 aliphatic rings. The van der Waals surface area contributed by atoms with Gasteiger partial charge in [-0.2, -0.15) is 0 Å². The minimum atomic E-state index is -0.331. The summed E-state index contributed by atoms with van der Waals surface area (Å²) in [5, 5.41) is 8.89. The van der Waals surface area contributed by atoms with Crippen molar-refractivity contribution in [3.8, 4) is 0 Å². The molecular formula is C21H22N4O3S. The van der Waals surface area contributed by atoms with Crippen LogP contribution in [0.2, 0.25) is 0 Å². The van der Waals surface area contributed by atoms with Crippen LogP contribution in [0.5, 0.6) is 0 Å². The van der Waals surface area contributed by atoms with Crippen molar-refractivity contribution in [3.63, 3.8) is 0 Å². The quantitative estimate of drug-likeness (QED) is 0.604. The smallest absolute Gasteiger partial charge is 0.255 e. The average molecular weight is 410 g/mol. The van der Waals surface area contributed by atoms with Crippen LogP contribution in [0.1, 0.15) is 48.4 Å². The third kappa shape index (κ3) is 5.39. The van der Waals surface area contributed by atoms with E-state index in [1.165, 1.54) is 18.3 Å². The van der Waals surface area contributed by atoms with Crippen molar-refractivity contribution in [1.29, 1.82) is 0 Å². The number of anilines is 2. The van der Waals surface area contributed by atoms with Gasteiger partial charge in [-0.05, 0) is 63.2 Å². The number of carbonyl (C=O) groups excluding carboxylic acids is 3. The molecule has 0 spiro atoms. The fourth-order valence-electron chi connectivity index (χ4n) is 2.60. The summed E-state index contributed by atoms with van der Waals surface area (Å²) >= 11 is 1.33. The maximum Gasteiger partial charge on any atom is 0.255 e. The Labute approximate surface area is 172 Å². The van der Waals surface area contributed by atoms with Crippen molar-refractivity contribution < 1.29 is 14.4 Å². The number of hydrogen-bond acceptors (Lipinski definition) is 5. The maximum absolute atomic E-state index is 12.5. The van der Waals surface area contributed by atoms with E-state index in [0.717, 1.165) is 10.2 Å². The van der Waals surface area contributed by atoms with Crippen molar-refractivity contribution in [2.24, 2.45) is 0 Å². The zero-order valence-corrected chi connectivity index (χ0v) is 17.4. The molecule has 3 N–H and O–H groups in total. The van der Waals surface area contributed by atoms with Crippen LogP contribution in [0.4, 0.5) is 10.8 Å². The lowest BCUT2D eigenvalue weighted by Crippen LogP contribution is -2.40. The summed E-state index contributed by atoms with van der Waals surface area (Å²) in [6.07, 6.45) is 0. The Balaban J connectivity index is 1.71. The maximum atomic E-state index is 12.5. The van der Waals surface area contributed by atoms with E-state index in [4.69, 9.17) is 0 Å². The molecule has 0 saturated heterocycles. The summed E-state index contributed by atoms with van der Waals surface area (Å²) in [7, 11) is 0. The van der Waals surface area contributed by atoms with Crippen molar-refractivity contribution in [2.75, 3.05) is 10.6 Å². The molecule has 29 heavy (non-hydrogen) atoms. The van der Waals surface area contributed by atoms with Crippen molar-refractivity contribution >= 4 is 50.1 Å². The van der Waals surface area contributed by atoms with Gasteiger partial charge in [0.05, 0.1) is 10.2 Å². The first-order valence-electron chi connectivity index (χ1n) is 9.03. The first kappa shape index (κ1) is 20.5. The third-order valence-corrected chi connectivity index (χ3v) is 4.76. The van der Waals surface area contributed by atoms with Crippen LogP contribution in [0, 0.1) is 0 Å². The summed E-state index contributed by atoms with van der Waals surface area (Å²) in [6, 6.07) is 11.8. The number of nitrogens with one attached hydrogen (secondary N) is 3. The fourth-order valence-corrected chi connectivity index (χ4v) is 3.55. The zero-order chi connectivity index (χ0) is 21.2. The van der Waals surface area contributed by atoms with Gasteiger partial charge >= 0.3 is 0 Å². The summed E-state index contributed by atoms with van der Waals surface area (Å²) in [5.74, 6) is -0.647.